The molecule has 120 valence electrons. The summed E-state index contributed by atoms with van der Waals surface area (Å²) in [4.78, 5) is 23.6. The Morgan fingerprint density at radius 3 is 2.61 bits per heavy atom. The van der Waals surface area contributed by atoms with E-state index in [1.807, 2.05) is 4.90 Å². The first-order valence-corrected chi connectivity index (χ1v) is 6.87. The average molecular weight is 317 g/mol. The van der Waals surface area contributed by atoms with Crippen molar-refractivity contribution in [1.82, 2.24) is 4.90 Å². The summed E-state index contributed by atoms with van der Waals surface area (Å²) in [5.41, 5.74) is 6.30. The zero-order valence-electron chi connectivity index (χ0n) is 12.5. The predicted molar refractivity (Wildman–Crippen MR) is 83.2 cm³/mol. The van der Waals surface area contributed by atoms with Gasteiger partial charge in [0, 0.05) is 30.3 Å². The summed E-state index contributed by atoms with van der Waals surface area (Å²) in [6.07, 6.45) is 0. The van der Waals surface area contributed by atoms with Crippen molar-refractivity contribution in [2.45, 2.75) is 13.1 Å². The number of amides is 1. The molecule has 23 heavy (non-hydrogen) atoms. The normalized spacial score (nSPS) is 10.7. The van der Waals surface area contributed by atoms with Crippen LogP contribution in [0.5, 0.6) is 0 Å². The third-order valence-corrected chi connectivity index (χ3v) is 3.35. The van der Waals surface area contributed by atoms with Gasteiger partial charge in [-0.2, -0.15) is 0 Å². The molecule has 0 heterocycles. The molecule has 7 heteroatoms. The highest BCUT2D eigenvalue weighted by molar-refractivity contribution is 5.93. The number of nitrogens with two attached hydrogens (primary N) is 1. The topological polar surface area (TPSA) is 89.5 Å². The van der Waals surface area contributed by atoms with Crippen molar-refractivity contribution >= 4 is 11.6 Å². The third-order valence-electron chi connectivity index (χ3n) is 3.35. The quantitative estimate of drug-likeness (QED) is 0.654. The van der Waals surface area contributed by atoms with Crippen LogP contribution in [0.1, 0.15) is 21.5 Å². The second kappa shape index (κ2) is 6.97. The Kier molecular flexibility index (Phi) is 5.02. The summed E-state index contributed by atoms with van der Waals surface area (Å²) < 4.78 is 13.2. The van der Waals surface area contributed by atoms with Crippen molar-refractivity contribution in [2.75, 3.05) is 7.05 Å². The Labute approximate surface area is 132 Å². The average Bonchev–Trinajstić information content (AvgIpc) is 2.47. The van der Waals surface area contributed by atoms with Crippen LogP contribution >= 0.6 is 0 Å². The minimum atomic E-state index is -0.715. The number of nitrogens with zero attached hydrogens (tertiary/aromatic N) is 2. The molecule has 0 aliphatic heterocycles. The molecule has 2 N–H and O–H groups in total. The predicted octanol–water partition coefficient (Wildman–Crippen LogP) is 2.46. The highest BCUT2D eigenvalue weighted by atomic mass is 19.1. The number of rotatable bonds is 6. The molecule has 0 aliphatic carbocycles. The van der Waals surface area contributed by atoms with Gasteiger partial charge in [-0.05, 0) is 30.8 Å². The lowest BCUT2D eigenvalue weighted by atomic mass is 10.1. The van der Waals surface area contributed by atoms with Gasteiger partial charge in [-0.25, -0.2) is 4.39 Å². The van der Waals surface area contributed by atoms with E-state index < -0.39 is 10.8 Å². The van der Waals surface area contributed by atoms with E-state index in [2.05, 4.69) is 0 Å². The Bertz CT molecular complexity index is 749. The van der Waals surface area contributed by atoms with Crippen molar-refractivity contribution in [3.8, 4) is 0 Å². The number of carbonyl (C=O) groups excluding carboxylic acids is 1. The maximum absolute atomic E-state index is 13.2. The highest BCUT2D eigenvalue weighted by Gasteiger charge is 2.17. The van der Waals surface area contributed by atoms with E-state index in [-0.39, 0.29) is 23.6 Å². The number of halogens is 1. The Balaban J connectivity index is 2.18. The lowest BCUT2D eigenvalue weighted by molar-refractivity contribution is -0.385. The van der Waals surface area contributed by atoms with Gasteiger partial charge in [0.2, 0.25) is 5.91 Å². The largest absolute Gasteiger partial charge is 0.366 e. The van der Waals surface area contributed by atoms with Crippen molar-refractivity contribution in [3.05, 3.63) is 75.1 Å². The minimum Gasteiger partial charge on any atom is -0.366 e. The molecule has 6 nitrogen and oxygen atoms in total. The van der Waals surface area contributed by atoms with Gasteiger partial charge >= 0.3 is 0 Å². The van der Waals surface area contributed by atoms with Crippen LogP contribution in [0.15, 0.2) is 42.5 Å². The molecule has 0 unspecified atom stereocenters. The monoisotopic (exact) mass is 317 g/mol. The van der Waals surface area contributed by atoms with Crippen molar-refractivity contribution in [1.29, 1.82) is 0 Å². The first-order chi connectivity index (χ1) is 10.9. The maximum Gasteiger partial charge on any atom is 0.274 e. The van der Waals surface area contributed by atoms with Gasteiger partial charge in [-0.1, -0.05) is 18.2 Å². The lowest BCUT2D eigenvalue weighted by Crippen LogP contribution is -2.18. The highest BCUT2D eigenvalue weighted by Crippen LogP contribution is 2.22. The first-order valence-electron chi connectivity index (χ1n) is 6.87. The number of carbonyl (C=O) groups is 1. The van der Waals surface area contributed by atoms with Gasteiger partial charge in [0.25, 0.3) is 5.69 Å². The molecule has 0 saturated heterocycles. The Morgan fingerprint density at radius 1 is 1.26 bits per heavy atom. The van der Waals surface area contributed by atoms with Gasteiger partial charge in [0.05, 0.1) is 4.92 Å². The minimum absolute atomic E-state index is 0.0910. The van der Waals surface area contributed by atoms with Crippen LogP contribution in [-0.2, 0) is 13.1 Å². The van der Waals surface area contributed by atoms with Crippen LogP contribution in [0.25, 0.3) is 0 Å². The lowest BCUT2D eigenvalue weighted by Gasteiger charge is -2.17. The fourth-order valence-corrected chi connectivity index (χ4v) is 2.31. The molecule has 1 amide bonds. The number of primary amides is 1. The summed E-state index contributed by atoms with van der Waals surface area (Å²) in [7, 11) is 1.77. The van der Waals surface area contributed by atoms with E-state index in [0.717, 1.165) is 5.56 Å². The molecule has 0 aromatic heterocycles. The number of nitro groups is 1. The smallest absolute Gasteiger partial charge is 0.274 e. The number of benzene rings is 2. The van der Waals surface area contributed by atoms with Crippen LogP contribution in [0.2, 0.25) is 0 Å². The van der Waals surface area contributed by atoms with Gasteiger partial charge in [0.1, 0.15) is 5.82 Å². The van der Waals surface area contributed by atoms with Crippen LogP contribution in [0, 0.1) is 15.9 Å². The van der Waals surface area contributed by atoms with Gasteiger partial charge in [-0.15, -0.1) is 0 Å². The van der Waals surface area contributed by atoms with Crippen molar-refractivity contribution < 1.29 is 14.1 Å². The number of nitro benzene ring substituents is 1. The zero-order chi connectivity index (χ0) is 17.0. The first kappa shape index (κ1) is 16.6. The summed E-state index contributed by atoms with van der Waals surface area (Å²) in [5.74, 6) is -1.04. The van der Waals surface area contributed by atoms with E-state index in [9.17, 15) is 19.3 Å². The molecule has 0 atom stereocenters. The molecule has 0 fully saturated rings. The summed E-state index contributed by atoms with van der Waals surface area (Å²) >= 11 is 0. The number of hydrogen-bond donors (Lipinski definition) is 1. The maximum atomic E-state index is 13.2. The van der Waals surface area contributed by atoms with E-state index >= 15 is 0 Å². The third kappa shape index (κ3) is 4.33. The number of hydrogen-bond acceptors (Lipinski definition) is 4. The van der Waals surface area contributed by atoms with Gasteiger partial charge < -0.3 is 5.73 Å². The molecule has 2 rings (SSSR count). The van der Waals surface area contributed by atoms with E-state index in [0.29, 0.717) is 12.1 Å². The Hall–Kier alpha value is -2.80. The molecule has 0 bridgehead atoms. The van der Waals surface area contributed by atoms with Crippen LogP contribution in [0.4, 0.5) is 10.1 Å². The molecule has 2 aromatic rings. The van der Waals surface area contributed by atoms with Crippen molar-refractivity contribution in [2.24, 2.45) is 5.73 Å². The second-order valence-electron chi connectivity index (χ2n) is 5.27. The SMILES string of the molecule is CN(Cc1cccc(F)c1)Cc1ccc(C(N)=O)cc1[N+](=O)[O-]. The van der Waals surface area contributed by atoms with E-state index in [1.54, 1.807) is 19.2 Å². The summed E-state index contributed by atoms with van der Waals surface area (Å²) in [6.45, 7) is 0.721. The van der Waals surface area contributed by atoms with Crippen LogP contribution in [0.3, 0.4) is 0 Å². The molecule has 0 saturated carbocycles. The molecular formula is C16H16FN3O3. The van der Waals surface area contributed by atoms with Gasteiger partial charge in [-0.3, -0.25) is 19.8 Å². The fraction of sp³-hybridized carbons (Fsp3) is 0.188. The van der Waals surface area contributed by atoms with E-state index in [1.165, 1.54) is 30.3 Å². The van der Waals surface area contributed by atoms with E-state index in [4.69, 9.17) is 5.73 Å². The molecular weight excluding hydrogens is 301 g/mol. The van der Waals surface area contributed by atoms with Crippen LogP contribution < -0.4 is 5.73 Å². The van der Waals surface area contributed by atoms with Crippen molar-refractivity contribution in [3.63, 3.8) is 0 Å². The standard InChI is InChI=1S/C16H16FN3O3/c1-19(9-11-3-2-4-14(17)7-11)10-13-6-5-12(16(18)21)8-15(13)20(22)23/h2-8H,9-10H2,1H3,(H2,18,21). The molecule has 0 radical (unpaired) electrons. The molecule has 0 spiro atoms. The fourth-order valence-electron chi connectivity index (χ4n) is 2.31. The zero-order valence-corrected chi connectivity index (χ0v) is 12.5. The summed E-state index contributed by atoms with van der Waals surface area (Å²) in [5, 5.41) is 11.2. The van der Waals surface area contributed by atoms with Crippen LogP contribution in [-0.4, -0.2) is 22.8 Å². The molecule has 2 aromatic carbocycles. The second-order valence-corrected chi connectivity index (χ2v) is 5.27. The van der Waals surface area contributed by atoms with Gasteiger partial charge in [0.15, 0.2) is 0 Å². The summed E-state index contributed by atoms with van der Waals surface area (Å²) in [6, 6.07) is 10.3. The molecule has 0 aliphatic rings. The Morgan fingerprint density at radius 2 is 2.00 bits per heavy atom.